The minimum atomic E-state index is -1.57. The van der Waals surface area contributed by atoms with Crippen molar-refractivity contribution in [2.75, 3.05) is 37.3 Å². The van der Waals surface area contributed by atoms with Gasteiger partial charge in [0, 0.05) is 30.3 Å². The van der Waals surface area contributed by atoms with Gasteiger partial charge in [-0.3, -0.25) is 9.10 Å². The van der Waals surface area contributed by atoms with Crippen molar-refractivity contribution in [3.05, 3.63) is 53.3 Å². The summed E-state index contributed by atoms with van der Waals surface area (Å²) >= 11 is 0. The van der Waals surface area contributed by atoms with Gasteiger partial charge in [-0.1, -0.05) is 0 Å². The third-order valence-electron chi connectivity index (χ3n) is 5.70. The topological polar surface area (TPSA) is 112 Å². The number of ether oxygens (including phenoxy) is 1. The molecule has 0 spiro atoms. The molecule has 0 aliphatic heterocycles. The lowest BCUT2D eigenvalue weighted by molar-refractivity contribution is 0.0964. The van der Waals surface area contributed by atoms with E-state index in [1.54, 1.807) is 28.8 Å². The Morgan fingerprint density at radius 3 is 2.59 bits per heavy atom. The monoisotopic (exact) mass is 488 g/mol. The van der Waals surface area contributed by atoms with Gasteiger partial charge in [0.25, 0.3) is 5.91 Å². The molecule has 2 aromatic carbocycles. The van der Waals surface area contributed by atoms with E-state index in [0.717, 1.165) is 18.4 Å². The van der Waals surface area contributed by atoms with Gasteiger partial charge in [0.05, 0.1) is 30.9 Å². The predicted octanol–water partition coefficient (Wildman–Crippen LogP) is 2.60. The van der Waals surface area contributed by atoms with E-state index in [0.29, 0.717) is 33.5 Å². The number of rotatable bonds is 10. The first-order valence-electron chi connectivity index (χ1n) is 10.9. The zero-order valence-electron chi connectivity index (χ0n) is 18.9. The first-order valence-corrected chi connectivity index (χ1v) is 12.4. The summed E-state index contributed by atoms with van der Waals surface area (Å²) in [7, 11) is -1.43. The van der Waals surface area contributed by atoms with Crippen molar-refractivity contribution < 1.29 is 32.6 Å². The van der Waals surface area contributed by atoms with Crippen LogP contribution in [0.25, 0.3) is 22.3 Å². The van der Waals surface area contributed by atoms with Gasteiger partial charge in [0.1, 0.15) is 28.1 Å². The van der Waals surface area contributed by atoms with Crippen molar-refractivity contribution in [1.29, 1.82) is 0 Å². The van der Waals surface area contributed by atoms with Gasteiger partial charge in [0.15, 0.2) is 0 Å². The number of hydrogen-bond donors (Lipinski definition) is 3. The molecule has 0 saturated heterocycles. The molecule has 0 bridgehead atoms. The van der Waals surface area contributed by atoms with Gasteiger partial charge in [-0.2, -0.15) is 0 Å². The van der Waals surface area contributed by atoms with Crippen LogP contribution < -0.4 is 9.62 Å². The van der Waals surface area contributed by atoms with E-state index in [9.17, 15) is 13.4 Å². The van der Waals surface area contributed by atoms with E-state index in [4.69, 9.17) is 19.2 Å². The van der Waals surface area contributed by atoms with Gasteiger partial charge in [-0.05, 0) is 54.7 Å². The molecule has 8 nitrogen and oxygen atoms in total. The SMILES string of the molecule is CNC(=O)c1c(-c2ccc(F)cc2)oc2cc(N(CCOCB(O)O)S(C)=O)c(C3CC3)cc12. The number of benzene rings is 2. The zero-order valence-corrected chi connectivity index (χ0v) is 19.7. The van der Waals surface area contributed by atoms with Crippen LogP contribution in [0.15, 0.2) is 40.8 Å². The van der Waals surface area contributed by atoms with Crippen molar-refractivity contribution in [1.82, 2.24) is 5.32 Å². The lowest BCUT2D eigenvalue weighted by Gasteiger charge is -2.24. The maximum atomic E-state index is 13.5. The number of nitrogens with one attached hydrogen (secondary N) is 1. The predicted molar refractivity (Wildman–Crippen MR) is 129 cm³/mol. The molecule has 1 aromatic heterocycles. The molecule has 180 valence electrons. The quantitative estimate of drug-likeness (QED) is 0.299. The number of carbonyl (C=O) groups excluding carboxylic acids is 1. The molecule has 1 unspecified atom stereocenters. The third kappa shape index (κ3) is 5.17. The summed E-state index contributed by atoms with van der Waals surface area (Å²) in [5.74, 6) is -0.110. The lowest BCUT2D eigenvalue weighted by Crippen LogP contribution is -2.31. The second kappa shape index (κ2) is 10.3. The summed E-state index contributed by atoms with van der Waals surface area (Å²) in [6.45, 7) is 0.157. The summed E-state index contributed by atoms with van der Waals surface area (Å²) < 4.78 is 39.2. The van der Waals surface area contributed by atoms with Crippen molar-refractivity contribution in [2.24, 2.45) is 0 Å². The number of nitrogens with zero attached hydrogens (tertiary/aromatic N) is 1. The molecule has 1 aliphatic rings. The molecule has 4 rings (SSSR count). The molecule has 11 heteroatoms. The fraction of sp³-hybridized carbons (Fsp3) is 0.348. The number of halogens is 1. The summed E-state index contributed by atoms with van der Waals surface area (Å²) in [6.07, 6.45) is 3.52. The minimum absolute atomic E-state index is 0.141. The highest BCUT2D eigenvalue weighted by Crippen LogP contribution is 2.47. The molecule has 1 amide bonds. The van der Waals surface area contributed by atoms with Crippen molar-refractivity contribution in [3.63, 3.8) is 0 Å². The molecule has 1 saturated carbocycles. The van der Waals surface area contributed by atoms with Crippen LogP contribution in [0.1, 0.15) is 34.7 Å². The van der Waals surface area contributed by atoms with Crippen LogP contribution >= 0.6 is 0 Å². The van der Waals surface area contributed by atoms with Gasteiger partial charge in [0.2, 0.25) is 0 Å². The largest absolute Gasteiger partial charge is 0.479 e. The van der Waals surface area contributed by atoms with Gasteiger partial charge in [-0.25, -0.2) is 8.60 Å². The molecule has 3 aromatic rings. The van der Waals surface area contributed by atoms with Gasteiger partial charge >= 0.3 is 7.12 Å². The smallest absolute Gasteiger partial charge is 0.455 e. The molecular formula is C23H26BFN2O6S. The zero-order chi connectivity index (χ0) is 24.4. The highest BCUT2D eigenvalue weighted by Gasteiger charge is 2.32. The number of furan rings is 1. The Bertz CT molecular complexity index is 1210. The number of hydrogen-bond acceptors (Lipinski definition) is 6. The molecule has 3 N–H and O–H groups in total. The average molecular weight is 488 g/mol. The second-order valence-corrected chi connectivity index (χ2v) is 9.44. The van der Waals surface area contributed by atoms with Crippen LogP contribution in [0.5, 0.6) is 0 Å². The van der Waals surface area contributed by atoms with Crippen LogP contribution in [0, 0.1) is 5.82 Å². The van der Waals surface area contributed by atoms with E-state index in [2.05, 4.69) is 5.32 Å². The standard InChI is InChI=1S/C23H26BFN2O6S/c1-26-23(28)21-18-11-17(14-3-4-14)19(27(34(2)31)9-10-32-13-24(29)30)12-20(18)33-22(21)15-5-7-16(25)8-6-15/h5-8,11-12,14,29-30H,3-4,9-10,13H2,1-2H3,(H,26,28). The van der Waals surface area contributed by atoms with E-state index in [1.165, 1.54) is 19.2 Å². The first kappa shape index (κ1) is 24.4. The van der Waals surface area contributed by atoms with Crippen molar-refractivity contribution in [2.45, 2.75) is 18.8 Å². The van der Waals surface area contributed by atoms with E-state index in [1.807, 2.05) is 6.07 Å². The van der Waals surface area contributed by atoms with E-state index >= 15 is 0 Å². The van der Waals surface area contributed by atoms with Gasteiger partial charge in [-0.15, -0.1) is 0 Å². The fourth-order valence-corrected chi connectivity index (χ4v) is 4.73. The molecule has 1 atom stereocenters. The number of fused-ring (bicyclic) bond motifs is 1. The van der Waals surface area contributed by atoms with Crippen LogP contribution in [0.2, 0.25) is 0 Å². The first-order chi connectivity index (χ1) is 16.3. The molecule has 1 aliphatic carbocycles. The van der Waals surface area contributed by atoms with Crippen LogP contribution in [-0.2, 0) is 15.7 Å². The van der Waals surface area contributed by atoms with Crippen LogP contribution in [-0.4, -0.2) is 60.2 Å². The second-order valence-electron chi connectivity index (χ2n) is 8.16. The summed E-state index contributed by atoms with van der Waals surface area (Å²) in [5, 5.41) is 21.2. The molecule has 34 heavy (non-hydrogen) atoms. The maximum absolute atomic E-state index is 13.5. The molecular weight excluding hydrogens is 462 g/mol. The Morgan fingerprint density at radius 2 is 2.00 bits per heavy atom. The number of anilines is 1. The summed E-state index contributed by atoms with van der Waals surface area (Å²) in [4.78, 5) is 12.8. The van der Waals surface area contributed by atoms with Crippen LogP contribution in [0.4, 0.5) is 10.1 Å². The highest BCUT2D eigenvalue weighted by atomic mass is 32.2. The Hall–Kier alpha value is -2.73. The average Bonchev–Trinajstić information content (AvgIpc) is 3.58. The molecule has 1 fully saturated rings. The number of carbonyl (C=O) groups is 1. The minimum Gasteiger partial charge on any atom is -0.455 e. The lowest BCUT2D eigenvalue weighted by atomic mass is 9.95. The Labute approximate surface area is 199 Å². The summed E-state index contributed by atoms with van der Waals surface area (Å²) in [6, 6.07) is 9.43. The van der Waals surface area contributed by atoms with E-state index < -0.39 is 23.9 Å². The molecule has 0 radical (unpaired) electrons. The highest BCUT2D eigenvalue weighted by molar-refractivity contribution is 7.85. The normalized spacial score (nSPS) is 14.3. The third-order valence-corrected chi connectivity index (χ3v) is 6.70. The van der Waals surface area contributed by atoms with Crippen molar-refractivity contribution in [3.8, 4) is 11.3 Å². The summed E-state index contributed by atoms with van der Waals surface area (Å²) in [5.41, 5.74) is 3.05. The maximum Gasteiger partial charge on any atom is 0.479 e. The Kier molecular flexibility index (Phi) is 7.37. The van der Waals surface area contributed by atoms with Gasteiger partial charge < -0.3 is 24.5 Å². The molecule has 1 heterocycles. The van der Waals surface area contributed by atoms with Crippen molar-refractivity contribution >= 4 is 40.7 Å². The Balaban J connectivity index is 1.82. The Morgan fingerprint density at radius 1 is 1.29 bits per heavy atom. The van der Waals surface area contributed by atoms with E-state index in [-0.39, 0.29) is 31.5 Å². The van der Waals surface area contributed by atoms with Crippen LogP contribution in [0.3, 0.4) is 0 Å². The number of amides is 1. The fourth-order valence-electron chi connectivity index (χ4n) is 3.96.